The quantitative estimate of drug-likeness (QED) is 0.714. The van der Waals surface area contributed by atoms with Crippen molar-refractivity contribution in [2.45, 2.75) is 30.6 Å². The Balaban J connectivity index is 1.90. The standard InChI is InChI=1S/C14H21N3O3S/c15-21(19,20)13-7-5-12(6-8-13)16-14(18)11-17-9-3-1-2-4-10-17/h5-8H,1-4,9-11H2,(H,16,18)(H2,15,19,20)/p+1. The highest BCUT2D eigenvalue weighted by atomic mass is 32.2. The average molecular weight is 312 g/mol. The number of likely N-dealkylation sites (tertiary alicyclic amines) is 1. The fraction of sp³-hybridized carbons (Fsp3) is 0.500. The van der Waals surface area contributed by atoms with E-state index < -0.39 is 10.0 Å². The van der Waals surface area contributed by atoms with Crippen molar-refractivity contribution in [1.82, 2.24) is 0 Å². The summed E-state index contributed by atoms with van der Waals surface area (Å²) in [5.74, 6) is -0.0461. The van der Waals surface area contributed by atoms with Gasteiger partial charge in [-0.3, -0.25) is 4.79 Å². The molecule has 0 aliphatic carbocycles. The summed E-state index contributed by atoms with van der Waals surface area (Å²) in [6.45, 7) is 2.53. The molecule has 0 atom stereocenters. The van der Waals surface area contributed by atoms with Crippen molar-refractivity contribution >= 4 is 21.6 Å². The second-order valence-corrected chi connectivity index (χ2v) is 7.02. The van der Waals surface area contributed by atoms with E-state index in [0.29, 0.717) is 12.2 Å². The van der Waals surface area contributed by atoms with E-state index in [1.165, 1.54) is 42.7 Å². The van der Waals surface area contributed by atoms with Gasteiger partial charge in [-0.15, -0.1) is 0 Å². The smallest absolute Gasteiger partial charge is 0.279 e. The number of nitrogens with one attached hydrogen (secondary N) is 2. The molecule has 1 fully saturated rings. The van der Waals surface area contributed by atoms with Crippen molar-refractivity contribution in [1.29, 1.82) is 0 Å². The van der Waals surface area contributed by atoms with Crippen molar-refractivity contribution in [2.24, 2.45) is 5.14 Å². The van der Waals surface area contributed by atoms with Crippen LogP contribution in [0.3, 0.4) is 0 Å². The fourth-order valence-corrected chi connectivity index (χ4v) is 3.08. The molecule has 1 aliphatic heterocycles. The number of hydrogen-bond donors (Lipinski definition) is 3. The number of amides is 1. The van der Waals surface area contributed by atoms with E-state index in [0.717, 1.165) is 13.1 Å². The highest BCUT2D eigenvalue weighted by Crippen LogP contribution is 2.12. The average Bonchev–Trinajstić information content (AvgIpc) is 2.67. The molecular formula is C14H22N3O3S+. The van der Waals surface area contributed by atoms with Gasteiger partial charge in [0.1, 0.15) is 0 Å². The molecule has 1 heterocycles. The van der Waals surface area contributed by atoms with Gasteiger partial charge < -0.3 is 10.2 Å². The second-order valence-electron chi connectivity index (χ2n) is 5.46. The summed E-state index contributed by atoms with van der Waals surface area (Å²) in [4.78, 5) is 13.4. The zero-order chi connectivity index (χ0) is 15.3. The third kappa shape index (κ3) is 5.11. The van der Waals surface area contributed by atoms with E-state index in [9.17, 15) is 13.2 Å². The molecule has 6 nitrogen and oxygen atoms in total. The van der Waals surface area contributed by atoms with Crippen LogP contribution >= 0.6 is 0 Å². The molecule has 4 N–H and O–H groups in total. The fourth-order valence-electron chi connectivity index (χ4n) is 2.57. The van der Waals surface area contributed by atoms with Crippen LogP contribution in [0, 0.1) is 0 Å². The molecule has 1 saturated heterocycles. The lowest BCUT2D eigenvalue weighted by atomic mass is 10.2. The second kappa shape index (κ2) is 7.02. The molecule has 21 heavy (non-hydrogen) atoms. The number of benzene rings is 1. The molecule has 0 unspecified atom stereocenters. The first-order valence-electron chi connectivity index (χ1n) is 7.21. The minimum absolute atomic E-state index is 0.0404. The highest BCUT2D eigenvalue weighted by Gasteiger charge is 2.16. The topological polar surface area (TPSA) is 93.7 Å². The van der Waals surface area contributed by atoms with Crippen LogP contribution in [-0.4, -0.2) is 34.0 Å². The van der Waals surface area contributed by atoms with Crippen LogP contribution in [-0.2, 0) is 14.8 Å². The first-order valence-corrected chi connectivity index (χ1v) is 8.76. The van der Waals surface area contributed by atoms with Crippen molar-refractivity contribution < 1.29 is 18.1 Å². The summed E-state index contributed by atoms with van der Waals surface area (Å²) in [6.07, 6.45) is 4.84. The lowest BCUT2D eigenvalue weighted by Crippen LogP contribution is -3.12. The number of nitrogens with two attached hydrogens (primary N) is 1. The van der Waals surface area contributed by atoms with E-state index in [2.05, 4.69) is 5.32 Å². The van der Waals surface area contributed by atoms with Gasteiger partial charge in [0.2, 0.25) is 10.0 Å². The van der Waals surface area contributed by atoms with Gasteiger partial charge in [0.25, 0.3) is 5.91 Å². The Morgan fingerprint density at radius 2 is 1.67 bits per heavy atom. The third-order valence-electron chi connectivity index (χ3n) is 3.69. The molecule has 116 valence electrons. The minimum Gasteiger partial charge on any atom is -0.327 e. The van der Waals surface area contributed by atoms with E-state index in [1.807, 2.05) is 0 Å². The van der Waals surface area contributed by atoms with Crippen LogP contribution in [0.2, 0.25) is 0 Å². The van der Waals surface area contributed by atoms with Gasteiger partial charge in [0.15, 0.2) is 6.54 Å². The van der Waals surface area contributed by atoms with Gasteiger partial charge in [-0.1, -0.05) is 0 Å². The lowest BCUT2D eigenvalue weighted by molar-refractivity contribution is -0.890. The molecule has 0 spiro atoms. The van der Waals surface area contributed by atoms with Crippen LogP contribution in [0.1, 0.15) is 25.7 Å². The first kappa shape index (κ1) is 15.9. The summed E-state index contributed by atoms with van der Waals surface area (Å²) in [5.41, 5.74) is 0.585. The van der Waals surface area contributed by atoms with Gasteiger partial charge in [0.05, 0.1) is 18.0 Å². The van der Waals surface area contributed by atoms with Gasteiger partial charge >= 0.3 is 0 Å². The molecule has 7 heteroatoms. The summed E-state index contributed by atoms with van der Waals surface area (Å²) in [5, 5.41) is 7.82. The largest absolute Gasteiger partial charge is 0.327 e. The summed E-state index contributed by atoms with van der Waals surface area (Å²) in [6, 6.07) is 5.89. The van der Waals surface area contributed by atoms with Crippen molar-refractivity contribution in [3.05, 3.63) is 24.3 Å². The maximum absolute atomic E-state index is 12.0. The number of rotatable bonds is 4. The number of carbonyl (C=O) groups is 1. The van der Waals surface area contributed by atoms with Crippen LogP contribution < -0.4 is 15.4 Å². The first-order chi connectivity index (χ1) is 9.95. The maximum atomic E-state index is 12.0. The van der Waals surface area contributed by atoms with Crippen LogP contribution in [0.4, 0.5) is 5.69 Å². The monoisotopic (exact) mass is 312 g/mol. The number of anilines is 1. The highest BCUT2D eigenvalue weighted by molar-refractivity contribution is 7.89. The van der Waals surface area contributed by atoms with Gasteiger partial charge in [0, 0.05) is 5.69 Å². The maximum Gasteiger partial charge on any atom is 0.279 e. The molecule has 2 rings (SSSR count). The zero-order valence-corrected chi connectivity index (χ0v) is 12.8. The predicted octanol–water partition coefficient (Wildman–Crippen LogP) is -0.269. The van der Waals surface area contributed by atoms with E-state index in [1.54, 1.807) is 12.1 Å². The molecule has 1 aliphatic rings. The normalized spacial score (nSPS) is 17.2. The van der Waals surface area contributed by atoms with E-state index in [4.69, 9.17) is 5.14 Å². The van der Waals surface area contributed by atoms with E-state index >= 15 is 0 Å². The van der Waals surface area contributed by atoms with Gasteiger partial charge in [-0.25, -0.2) is 13.6 Å². The van der Waals surface area contributed by atoms with Crippen LogP contribution in [0.25, 0.3) is 0 Å². The summed E-state index contributed by atoms with van der Waals surface area (Å²) >= 11 is 0. The number of carbonyl (C=O) groups excluding carboxylic acids is 1. The Morgan fingerprint density at radius 3 is 2.19 bits per heavy atom. The van der Waals surface area contributed by atoms with Gasteiger partial charge in [-0.05, 0) is 49.9 Å². The van der Waals surface area contributed by atoms with Crippen LogP contribution in [0.15, 0.2) is 29.2 Å². The predicted molar refractivity (Wildman–Crippen MR) is 80.5 cm³/mol. The summed E-state index contributed by atoms with van der Waals surface area (Å²) < 4.78 is 22.3. The SMILES string of the molecule is NS(=O)(=O)c1ccc(NC(=O)C[NH+]2CCCCCC2)cc1. The minimum atomic E-state index is -3.69. The number of quaternary nitrogens is 1. The molecule has 0 saturated carbocycles. The molecule has 1 aromatic carbocycles. The van der Waals surface area contributed by atoms with Crippen molar-refractivity contribution in [2.75, 3.05) is 25.0 Å². The molecular weight excluding hydrogens is 290 g/mol. The van der Waals surface area contributed by atoms with Crippen LogP contribution in [0.5, 0.6) is 0 Å². The Bertz CT molecular complexity index is 576. The lowest BCUT2D eigenvalue weighted by Gasteiger charge is -2.16. The third-order valence-corrected chi connectivity index (χ3v) is 4.62. The Morgan fingerprint density at radius 1 is 1.10 bits per heavy atom. The number of primary sulfonamides is 1. The molecule has 0 bridgehead atoms. The zero-order valence-electron chi connectivity index (χ0n) is 12.0. The van der Waals surface area contributed by atoms with Gasteiger partial charge in [-0.2, -0.15) is 0 Å². The molecule has 0 radical (unpaired) electrons. The van der Waals surface area contributed by atoms with Crippen molar-refractivity contribution in [3.8, 4) is 0 Å². The molecule has 1 aromatic rings. The Kier molecular flexibility index (Phi) is 5.33. The number of sulfonamides is 1. The van der Waals surface area contributed by atoms with Crippen molar-refractivity contribution in [3.63, 3.8) is 0 Å². The summed E-state index contributed by atoms with van der Waals surface area (Å²) in [7, 11) is -3.69. The van der Waals surface area contributed by atoms with E-state index in [-0.39, 0.29) is 10.8 Å². The molecule has 1 amide bonds. The molecule has 0 aromatic heterocycles. The Labute approximate surface area is 125 Å². The number of hydrogen-bond acceptors (Lipinski definition) is 3. The Hall–Kier alpha value is -1.44.